The zero-order valence-electron chi connectivity index (χ0n) is 14.2. The molecule has 1 N–H and O–H groups in total. The molecule has 0 aliphatic rings. The van der Waals surface area contributed by atoms with E-state index in [2.05, 4.69) is 69.2 Å². The fraction of sp³-hybridized carbons (Fsp3) is 0.611. The van der Waals surface area contributed by atoms with E-state index < -0.39 is 0 Å². The number of nitrogens with zero attached hydrogens (tertiary/aromatic N) is 2. The first-order valence-electron chi connectivity index (χ1n) is 7.92. The van der Waals surface area contributed by atoms with Gasteiger partial charge in [-0.2, -0.15) is 5.26 Å². The molecular weight excluding hydrogens is 258 g/mol. The lowest BCUT2D eigenvalue weighted by atomic mass is 9.92. The minimum absolute atomic E-state index is 0.363. The predicted molar refractivity (Wildman–Crippen MR) is 90.7 cm³/mol. The van der Waals surface area contributed by atoms with Crippen molar-refractivity contribution in [1.29, 1.82) is 5.26 Å². The Kier molecular flexibility index (Phi) is 6.71. The normalized spacial score (nSPS) is 13.5. The average Bonchev–Trinajstić information content (AvgIpc) is 2.46. The quantitative estimate of drug-likeness (QED) is 0.790. The summed E-state index contributed by atoms with van der Waals surface area (Å²) < 4.78 is 0. The van der Waals surface area contributed by atoms with Gasteiger partial charge in [0.05, 0.1) is 6.07 Å². The lowest BCUT2D eigenvalue weighted by Gasteiger charge is -2.28. The van der Waals surface area contributed by atoms with Crippen LogP contribution in [0.25, 0.3) is 0 Å². The number of hydrogen-bond acceptors (Lipinski definition) is 3. The molecule has 3 heteroatoms. The van der Waals surface area contributed by atoms with Crippen LogP contribution in [0.1, 0.15) is 44.2 Å². The number of rotatable bonds is 8. The second-order valence-electron chi connectivity index (χ2n) is 5.89. The molecule has 3 nitrogen and oxygen atoms in total. The molecule has 1 rings (SSSR count). The summed E-state index contributed by atoms with van der Waals surface area (Å²) in [6.45, 7) is 10.2. The van der Waals surface area contributed by atoms with Crippen LogP contribution in [0, 0.1) is 25.2 Å². The Morgan fingerprint density at radius 2 is 2.00 bits per heavy atom. The zero-order chi connectivity index (χ0) is 15.9. The summed E-state index contributed by atoms with van der Waals surface area (Å²) in [5, 5.41) is 12.8. The van der Waals surface area contributed by atoms with Crippen molar-refractivity contribution in [2.24, 2.45) is 0 Å². The number of anilines is 1. The molecule has 0 amide bonds. The highest BCUT2D eigenvalue weighted by Crippen LogP contribution is 2.22. The molecule has 1 aromatic carbocycles. The van der Waals surface area contributed by atoms with Crippen molar-refractivity contribution in [3.05, 3.63) is 29.3 Å². The first kappa shape index (κ1) is 17.5. The molecule has 0 spiro atoms. The van der Waals surface area contributed by atoms with Crippen LogP contribution >= 0.6 is 0 Å². The maximum atomic E-state index is 9.44. The Bertz CT molecular complexity index is 490. The smallest absolute Gasteiger partial charge is 0.106 e. The van der Waals surface area contributed by atoms with Gasteiger partial charge in [0.2, 0.25) is 0 Å². The largest absolute Gasteiger partial charge is 0.374 e. The van der Waals surface area contributed by atoms with Crippen molar-refractivity contribution >= 4 is 5.69 Å². The van der Waals surface area contributed by atoms with Crippen LogP contribution in [0.3, 0.4) is 0 Å². The second kappa shape index (κ2) is 8.05. The van der Waals surface area contributed by atoms with Crippen LogP contribution in [-0.2, 0) is 0 Å². The summed E-state index contributed by atoms with van der Waals surface area (Å²) in [6.07, 6.45) is 2.76. The van der Waals surface area contributed by atoms with E-state index in [-0.39, 0.29) is 5.54 Å². The SMILES string of the molecule is CCNC(C#N)(CC)CCCN(C)c1ccc(C)cc1C. The molecule has 21 heavy (non-hydrogen) atoms. The van der Waals surface area contributed by atoms with E-state index in [1.165, 1.54) is 16.8 Å². The third-order valence-electron chi connectivity index (χ3n) is 4.19. The van der Waals surface area contributed by atoms with E-state index in [9.17, 15) is 5.26 Å². The third-order valence-corrected chi connectivity index (χ3v) is 4.19. The van der Waals surface area contributed by atoms with Crippen LogP contribution < -0.4 is 10.2 Å². The molecule has 0 saturated heterocycles. The Balaban J connectivity index is 2.60. The number of benzene rings is 1. The first-order valence-corrected chi connectivity index (χ1v) is 7.92. The van der Waals surface area contributed by atoms with Crippen molar-refractivity contribution in [1.82, 2.24) is 5.32 Å². The van der Waals surface area contributed by atoms with Crippen molar-refractivity contribution < 1.29 is 0 Å². The number of hydrogen-bond donors (Lipinski definition) is 1. The summed E-state index contributed by atoms with van der Waals surface area (Å²) in [5.74, 6) is 0. The average molecular weight is 287 g/mol. The van der Waals surface area contributed by atoms with Gasteiger partial charge in [-0.25, -0.2) is 0 Å². The van der Waals surface area contributed by atoms with Crippen LogP contribution in [0.2, 0.25) is 0 Å². The van der Waals surface area contributed by atoms with Crippen molar-refractivity contribution in [2.45, 2.75) is 52.5 Å². The third kappa shape index (κ3) is 4.75. The number of nitrogens with one attached hydrogen (secondary N) is 1. The van der Waals surface area contributed by atoms with Gasteiger partial charge in [0.25, 0.3) is 0 Å². The van der Waals surface area contributed by atoms with Gasteiger partial charge in [-0.3, -0.25) is 5.32 Å². The zero-order valence-corrected chi connectivity index (χ0v) is 14.2. The Morgan fingerprint density at radius 3 is 2.52 bits per heavy atom. The minimum atomic E-state index is -0.363. The van der Waals surface area contributed by atoms with Gasteiger partial charge < -0.3 is 4.90 Å². The molecule has 0 fully saturated rings. The molecule has 0 aliphatic carbocycles. The van der Waals surface area contributed by atoms with E-state index in [1.54, 1.807) is 0 Å². The highest BCUT2D eigenvalue weighted by atomic mass is 15.1. The molecule has 1 atom stereocenters. The molecule has 116 valence electrons. The summed E-state index contributed by atoms with van der Waals surface area (Å²) in [7, 11) is 2.13. The fourth-order valence-corrected chi connectivity index (χ4v) is 2.88. The van der Waals surface area contributed by atoms with Gasteiger partial charge in [0.15, 0.2) is 0 Å². The molecule has 0 radical (unpaired) electrons. The van der Waals surface area contributed by atoms with Crippen LogP contribution in [-0.4, -0.2) is 25.7 Å². The van der Waals surface area contributed by atoms with Crippen LogP contribution in [0.4, 0.5) is 5.69 Å². The predicted octanol–water partition coefficient (Wildman–Crippen LogP) is 3.80. The van der Waals surface area contributed by atoms with Crippen LogP contribution in [0.5, 0.6) is 0 Å². The van der Waals surface area contributed by atoms with Crippen LogP contribution in [0.15, 0.2) is 18.2 Å². The lowest BCUT2D eigenvalue weighted by Crippen LogP contribution is -2.43. The highest BCUT2D eigenvalue weighted by molar-refractivity contribution is 5.53. The standard InChI is InChI=1S/C18H29N3/c1-6-18(14-19,20-7-2)11-8-12-21(5)17-10-9-15(3)13-16(17)4/h9-10,13,20H,6-8,11-12H2,1-5H3. The van der Waals surface area contributed by atoms with Crippen molar-refractivity contribution in [3.63, 3.8) is 0 Å². The molecule has 0 aliphatic heterocycles. The van der Waals surface area contributed by atoms with Gasteiger partial charge in [0.1, 0.15) is 5.54 Å². The Hall–Kier alpha value is -1.53. The molecule has 0 heterocycles. The number of aryl methyl sites for hydroxylation is 2. The fourth-order valence-electron chi connectivity index (χ4n) is 2.88. The molecule has 0 aromatic heterocycles. The molecule has 0 saturated carbocycles. The Morgan fingerprint density at radius 1 is 1.29 bits per heavy atom. The van der Waals surface area contributed by atoms with E-state index in [4.69, 9.17) is 0 Å². The second-order valence-corrected chi connectivity index (χ2v) is 5.89. The van der Waals surface area contributed by atoms with E-state index in [0.717, 1.165) is 32.4 Å². The van der Waals surface area contributed by atoms with Gasteiger partial charge in [-0.1, -0.05) is 31.5 Å². The molecular formula is C18H29N3. The van der Waals surface area contributed by atoms with E-state index in [0.29, 0.717) is 0 Å². The van der Waals surface area contributed by atoms with Gasteiger partial charge in [-0.15, -0.1) is 0 Å². The van der Waals surface area contributed by atoms with E-state index >= 15 is 0 Å². The van der Waals surface area contributed by atoms with Gasteiger partial charge in [0, 0.05) is 19.3 Å². The highest BCUT2D eigenvalue weighted by Gasteiger charge is 2.26. The first-order chi connectivity index (χ1) is 9.98. The maximum absolute atomic E-state index is 9.44. The molecule has 1 unspecified atom stereocenters. The topological polar surface area (TPSA) is 39.1 Å². The maximum Gasteiger partial charge on any atom is 0.106 e. The lowest BCUT2D eigenvalue weighted by molar-refractivity contribution is 0.373. The van der Waals surface area contributed by atoms with Gasteiger partial charge in [-0.05, 0) is 51.3 Å². The summed E-state index contributed by atoms with van der Waals surface area (Å²) in [4.78, 5) is 2.29. The minimum Gasteiger partial charge on any atom is -0.374 e. The van der Waals surface area contributed by atoms with E-state index in [1.807, 2.05) is 0 Å². The summed E-state index contributed by atoms with van der Waals surface area (Å²) in [6, 6.07) is 9.03. The van der Waals surface area contributed by atoms with Crippen molar-refractivity contribution in [3.8, 4) is 6.07 Å². The monoisotopic (exact) mass is 287 g/mol. The number of nitriles is 1. The summed E-state index contributed by atoms with van der Waals surface area (Å²) >= 11 is 0. The summed E-state index contributed by atoms with van der Waals surface area (Å²) in [5.41, 5.74) is 3.53. The van der Waals surface area contributed by atoms with Gasteiger partial charge >= 0.3 is 0 Å². The molecule has 1 aromatic rings. The Labute approximate surface area is 130 Å². The van der Waals surface area contributed by atoms with Crippen molar-refractivity contribution in [2.75, 3.05) is 25.0 Å². The molecule has 0 bridgehead atoms.